The molecule has 0 aliphatic heterocycles. The highest BCUT2D eigenvalue weighted by molar-refractivity contribution is 7.20. The zero-order valence-electron chi connectivity index (χ0n) is 27.4. The molecule has 4 nitrogen and oxygen atoms in total. The van der Waals surface area contributed by atoms with Crippen LogP contribution in [0.4, 0.5) is 0 Å². The first-order valence-corrected chi connectivity index (χ1v) is 17.0. The van der Waals surface area contributed by atoms with E-state index in [0.29, 0.717) is 11.3 Å². The van der Waals surface area contributed by atoms with Crippen LogP contribution in [0.3, 0.4) is 0 Å². The second kappa shape index (κ2) is 11.6. The monoisotopic (exact) mass is 641 g/mol. The van der Waals surface area contributed by atoms with Crippen LogP contribution in [-0.4, -0.2) is 19.6 Å². The largest absolute Gasteiger partial charge is 0.507 e. The molecule has 0 aliphatic rings. The summed E-state index contributed by atoms with van der Waals surface area (Å²) in [6, 6.07) is 43.9. The van der Waals surface area contributed by atoms with E-state index in [-0.39, 0.29) is 11.2 Å². The van der Waals surface area contributed by atoms with Crippen LogP contribution in [0.25, 0.3) is 71.7 Å². The smallest absolute Gasteiger partial charge is 0.124 e. The topological polar surface area (TPSA) is 50.9 Å². The van der Waals surface area contributed by atoms with E-state index in [1.165, 1.54) is 31.6 Å². The SMILES string of the molecule is Cc1cc2c(s1)c1ccccc1n2-c1ccccc1-c1cc(-c2cccc(-c3cc(C(C)(C)C)ccn3)c2)nc(-c2ccccc2O)c1. The number of hydrogen-bond donors (Lipinski definition) is 1. The fourth-order valence-corrected chi connectivity index (χ4v) is 7.61. The van der Waals surface area contributed by atoms with Crippen molar-refractivity contribution in [2.75, 3.05) is 0 Å². The lowest BCUT2D eigenvalue weighted by Crippen LogP contribution is -2.11. The fourth-order valence-electron chi connectivity index (χ4n) is 6.58. The van der Waals surface area contributed by atoms with E-state index in [0.717, 1.165) is 39.3 Å². The van der Waals surface area contributed by atoms with E-state index in [4.69, 9.17) is 9.97 Å². The van der Waals surface area contributed by atoms with Gasteiger partial charge in [-0.1, -0.05) is 87.5 Å². The Bertz CT molecular complexity index is 2480. The molecule has 8 aromatic rings. The van der Waals surface area contributed by atoms with Gasteiger partial charge in [-0.05, 0) is 84.1 Å². The number of phenolic OH excluding ortho intramolecular Hbond substituents is 1. The second-order valence-corrected chi connectivity index (χ2v) is 14.6. The zero-order chi connectivity index (χ0) is 33.0. The number of para-hydroxylation sites is 3. The normalized spacial score (nSPS) is 11.8. The van der Waals surface area contributed by atoms with Gasteiger partial charge in [0, 0.05) is 38.7 Å². The van der Waals surface area contributed by atoms with Gasteiger partial charge in [-0.25, -0.2) is 4.98 Å². The summed E-state index contributed by atoms with van der Waals surface area (Å²) >= 11 is 1.84. The van der Waals surface area contributed by atoms with Crippen LogP contribution in [0.5, 0.6) is 5.75 Å². The van der Waals surface area contributed by atoms with Gasteiger partial charge in [0.25, 0.3) is 0 Å². The van der Waals surface area contributed by atoms with Gasteiger partial charge in [0.05, 0.1) is 38.5 Å². The molecule has 4 aromatic carbocycles. The van der Waals surface area contributed by atoms with Crippen molar-refractivity contribution in [3.05, 3.63) is 144 Å². The minimum absolute atomic E-state index is 0.0174. The lowest BCUT2D eigenvalue weighted by molar-refractivity contribution is 0.477. The number of thiophene rings is 1. The number of aromatic nitrogens is 3. The number of fused-ring (bicyclic) bond motifs is 3. The summed E-state index contributed by atoms with van der Waals surface area (Å²) in [4.78, 5) is 11.2. The summed E-state index contributed by atoms with van der Waals surface area (Å²) < 4.78 is 3.68. The van der Waals surface area contributed by atoms with Crippen molar-refractivity contribution in [3.63, 3.8) is 0 Å². The molecule has 0 atom stereocenters. The first-order chi connectivity index (χ1) is 23.2. The summed E-state index contributed by atoms with van der Waals surface area (Å²) in [5.74, 6) is 0.199. The number of phenols is 1. The third-order valence-electron chi connectivity index (χ3n) is 9.01. The Morgan fingerprint density at radius 1 is 0.625 bits per heavy atom. The molecule has 0 amide bonds. The first kappa shape index (κ1) is 29.9. The molecule has 48 heavy (non-hydrogen) atoms. The van der Waals surface area contributed by atoms with E-state index in [9.17, 15) is 5.11 Å². The highest BCUT2D eigenvalue weighted by Crippen LogP contribution is 2.41. The van der Waals surface area contributed by atoms with Gasteiger partial charge >= 0.3 is 0 Å². The van der Waals surface area contributed by atoms with Gasteiger partial charge in [-0.15, -0.1) is 11.3 Å². The lowest BCUT2D eigenvalue weighted by Gasteiger charge is -2.19. The molecule has 4 aromatic heterocycles. The van der Waals surface area contributed by atoms with Crippen LogP contribution in [0.1, 0.15) is 31.2 Å². The molecule has 0 fully saturated rings. The molecule has 0 aliphatic carbocycles. The molecular formula is C43H35N3OS. The van der Waals surface area contributed by atoms with Gasteiger partial charge < -0.3 is 9.67 Å². The van der Waals surface area contributed by atoms with Crippen molar-refractivity contribution in [2.45, 2.75) is 33.1 Å². The van der Waals surface area contributed by atoms with Crippen molar-refractivity contribution in [2.24, 2.45) is 0 Å². The number of hydrogen-bond acceptors (Lipinski definition) is 4. The van der Waals surface area contributed by atoms with Gasteiger partial charge in [0.1, 0.15) is 5.75 Å². The van der Waals surface area contributed by atoms with E-state index in [2.05, 4.69) is 135 Å². The number of pyridine rings is 2. The molecule has 0 bridgehead atoms. The Morgan fingerprint density at radius 3 is 2.15 bits per heavy atom. The first-order valence-electron chi connectivity index (χ1n) is 16.2. The second-order valence-electron chi connectivity index (χ2n) is 13.3. The van der Waals surface area contributed by atoms with Crippen LogP contribution in [0, 0.1) is 6.92 Å². The van der Waals surface area contributed by atoms with Gasteiger partial charge in [0.2, 0.25) is 0 Å². The molecule has 0 saturated heterocycles. The van der Waals surface area contributed by atoms with E-state index in [1.807, 2.05) is 35.7 Å². The van der Waals surface area contributed by atoms with Gasteiger partial charge in [0.15, 0.2) is 0 Å². The Kier molecular flexibility index (Phi) is 7.23. The molecule has 5 heteroatoms. The quantitative estimate of drug-likeness (QED) is 0.203. The molecule has 0 saturated carbocycles. The van der Waals surface area contributed by atoms with Crippen molar-refractivity contribution in [1.29, 1.82) is 0 Å². The average Bonchev–Trinajstić information content (AvgIpc) is 3.62. The number of benzene rings is 4. The number of rotatable bonds is 5. The molecule has 234 valence electrons. The Balaban J connectivity index is 1.34. The zero-order valence-corrected chi connectivity index (χ0v) is 28.2. The average molecular weight is 642 g/mol. The summed E-state index contributed by atoms with van der Waals surface area (Å²) in [7, 11) is 0. The fraction of sp³-hybridized carbons (Fsp3) is 0.116. The lowest BCUT2D eigenvalue weighted by atomic mass is 9.87. The predicted octanol–water partition coefficient (Wildman–Crippen LogP) is 11.6. The number of aromatic hydroxyl groups is 1. The molecule has 0 unspecified atom stereocenters. The van der Waals surface area contributed by atoms with Gasteiger partial charge in [-0.2, -0.15) is 0 Å². The van der Waals surface area contributed by atoms with Crippen molar-refractivity contribution in [3.8, 4) is 56.3 Å². The third-order valence-corrected chi connectivity index (χ3v) is 10.1. The molecular weight excluding hydrogens is 607 g/mol. The maximum atomic E-state index is 11.0. The van der Waals surface area contributed by atoms with Crippen LogP contribution in [0.15, 0.2) is 134 Å². The highest BCUT2D eigenvalue weighted by Gasteiger charge is 2.20. The summed E-state index contributed by atoms with van der Waals surface area (Å²) in [5, 5.41) is 12.2. The van der Waals surface area contributed by atoms with Crippen LogP contribution < -0.4 is 0 Å². The van der Waals surface area contributed by atoms with Crippen LogP contribution in [-0.2, 0) is 5.41 Å². The molecule has 0 spiro atoms. The van der Waals surface area contributed by atoms with E-state index < -0.39 is 0 Å². The molecule has 1 N–H and O–H groups in total. The standard InChI is InChI=1S/C43H35N3OS/c1-27-22-40-42(48-27)34-16-6-9-18-39(34)46(40)38-17-8-5-14-32(38)30-24-36(45-37(25-30)33-15-7-10-19-41(33)47)29-13-11-12-28(23-29)35-26-31(20-21-44-35)43(2,3)4/h5-26,47H,1-4H3. The van der Waals surface area contributed by atoms with Crippen molar-refractivity contribution >= 4 is 32.5 Å². The highest BCUT2D eigenvalue weighted by atomic mass is 32.1. The third kappa shape index (κ3) is 5.26. The molecule has 0 radical (unpaired) electrons. The Hall–Kier alpha value is -5.52. The van der Waals surface area contributed by atoms with E-state index >= 15 is 0 Å². The minimum Gasteiger partial charge on any atom is -0.507 e. The molecule has 8 rings (SSSR count). The summed E-state index contributed by atoms with van der Waals surface area (Å²) in [6.07, 6.45) is 1.89. The Morgan fingerprint density at radius 2 is 1.33 bits per heavy atom. The summed E-state index contributed by atoms with van der Waals surface area (Å²) in [6.45, 7) is 8.83. The van der Waals surface area contributed by atoms with Crippen LogP contribution >= 0.6 is 11.3 Å². The maximum Gasteiger partial charge on any atom is 0.124 e. The maximum absolute atomic E-state index is 11.0. The van der Waals surface area contributed by atoms with Crippen LogP contribution in [0.2, 0.25) is 0 Å². The number of nitrogens with zero attached hydrogens (tertiary/aromatic N) is 3. The predicted molar refractivity (Wildman–Crippen MR) is 201 cm³/mol. The van der Waals surface area contributed by atoms with Gasteiger partial charge in [-0.3, -0.25) is 4.98 Å². The van der Waals surface area contributed by atoms with E-state index in [1.54, 1.807) is 6.07 Å². The van der Waals surface area contributed by atoms with Crippen molar-refractivity contribution < 1.29 is 5.11 Å². The Labute approximate surface area is 284 Å². The summed E-state index contributed by atoms with van der Waals surface area (Å²) in [5.41, 5.74) is 12.0. The minimum atomic E-state index is 0.0174. The number of aryl methyl sites for hydroxylation is 1. The van der Waals surface area contributed by atoms with Crippen molar-refractivity contribution in [1.82, 2.24) is 14.5 Å². The molecule has 4 heterocycles.